The van der Waals surface area contributed by atoms with Crippen molar-refractivity contribution >= 4 is 17.4 Å². The fraction of sp³-hybridized carbons (Fsp3) is 0.161. The molecule has 1 atom stereocenters. The van der Waals surface area contributed by atoms with Gasteiger partial charge in [0.15, 0.2) is 0 Å². The summed E-state index contributed by atoms with van der Waals surface area (Å²) in [4.78, 5) is 17.8. The number of nitrogens with zero attached hydrogens (tertiary/aromatic N) is 5. The molecule has 0 aliphatic carbocycles. The predicted molar refractivity (Wildman–Crippen MR) is 151 cm³/mol. The van der Waals surface area contributed by atoms with Crippen molar-refractivity contribution in [3.63, 3.8) is 0 Å². The third kappa shape index (κ3) is 4.44. The normalized spacial score (nSPS) is 14.4. The highest BCUT2D eigenvalue weighted by Crippen LogP contribution is 2.39. The summed E-state index contributed by atoms with van der Waals surface area (Å²) in [6, 6.07) is 27.5. The van der Waals surface area contributed by atoms with Crippen LogP contribution in [-0.2, 0) is 6.54 Å². The first-order valence-electron chi connectivity index (χ1n) is 12.8. The van der Waals surface area contributed by atoms with E-state index in [4.69, 9.17) is 5.10 Å². The molecule has 2 aromatic heterocycles. The molecule has 196 valence electrons. The number of hydrogen-bond acceptors (Lipinski definition) is 3. The number of nitrogens with one attached hydrogen (secondary N) is 1. The fourth-order valence-electron chi connectivity index (χ4n) is 5.18. The standard InChI is InChI=1S/C31H29FN6O/c1-21-27-20-37(31(39)33-24-15-13-23(32)14-16-24)29(22-11-17-25(18-12-22)35(2)3)28-10-7-19-36(28)30(27)38(34-21)26-8-5-4-6-9-26/h4-19,29H,20H2,1-3H3,(H,33,39)/t29-/m0/s1. The number of rotatable bonds is 4. The molecule has 0 saturated heterocycles. The quantitative estimate of drug-likeness (QED) is 0.302. The van der Waals surface area contributed by atoms with Crippen LogP contribution in [0.5, 0.6) is 0 Å². The Morgan fingerprint density at radius 1 is 0.949 bits per heavy atom. The third-order valence-electron chi connectivity index (χ3n) is 7.17. The summed E-state index contributed by atoms with van der Waals surface area (Å²) in [6.45, 7) is 2.31. The Hall–Kier alpha value is -4.85. The van der Waals surface area contributed by atoms with E-state index in [1.165, 1.54) is 12.1 Å². The highest BCUT2D eigenvalue weighted by Gasteiger charge is 2.36. The van der Waals surface area contributed by atoms with Gasteiger partial charge in [0.25, 0.3) is 0 Å². The summed E-state index contributed by atoms with van der Waals surface area (Å²) in [5.74, 6) is 0.554. The first-order chi connectivity index (χ1) is 18.9. The van der Waals surface area contributed by atoms with Gasteiger partial charge in [-0.15, -0.1) is 0 Å². The molecule has 3 heterocycles. The third-order valence-corrected chi connectivity index (χ3v) is 7.17. The maximum Gasteiger partial charge on any atom is 0.322 e. The molecule has 1 aliphatic rings. The van der Waals surface area contributed by atoms with E-state index >= 15 is 0 Å². The van der Waals surface area contributed by atoms with Crippen molar-refractivity contribution in [1.82, 2.24) is 19.2 Å². The van der Waals surface area contributed by atoms with E-state index in [2.05, 4.69) is 40.2 Å². The molecule has 0 radical (unpaired) electrons. The van der Waals surface area contributed by atoms with Crippen LogP contribution in [0.15, 0.2) is 97.2 Å². The van der Waals surface area contributed by atoms with Crippen LogP contribution in [0.4, 0.5) is 20.6 Å². The number of anilines is 2. The SMILES string of the molecule is Cc1nn(-c2ccccc2)c2c1CN(C(=O)Nc1ccc(F)cc1)[C@@H](c1ccc(N(C)C)cc1)c1cccn1-2. The van der Waals surface area contributed by atoms with Crippen LogP contribution in [0, 0.1) is 12.7 Å². The summed E-state index contributed by atoms with van der Waals surface area (Å²) in [7, 11) is 4.01. The number of halogens is 1. The van der Waals surface area contributed by atoms with Gasteiger partial charge >= 0.3 is 6.03 Å². The lowest BCUT2D eigenvalue weighted by Gasteiger charge is -2.31. The van der Waals surface area contributed by atoms with Gasteiger partial charge in [-0.2, -0.15) is 5.10 Å². The first kappa shape index (κ1) is 24.5. The van der Waals surface area contributed by atoms with Crippen LogP contribution < -0.4 is 10.2 Å². The van der Waals surface area contributed by atoms with E-state index in [1.54, 1.807) is 12.1 Å². The van der Waals surface area contributed by atoms with Crippen LogP contribution in [0.25, 0.3) is 11.5 Å². The zero-order valence-corrected chi connectivity index (χ0v) is 22.0. The van der Waals surface area contributed by atoms with E-state index < -0.39 is 0 Å². The first-order valence-corrected chi connectivity index (χ1v) is 12.8. The Balaban J connectivity index is 1.52. The minimum absolute atomic E-state index is 0.282. The maximum atomic E-state index is 14.0. The second-order valence-electron chi connectivity index (χ2n) is 9.89. The van der Waals surface area contributed by atoms with E-state index in [0.29, 0.717) is 12.2 Å². The summed E-state index contributed by atoms with van der Waals surface area (Å²) >= 11 is 0. The van der Waals surface area contributed by atoms with Gasteiger partial charge < -0.3 is 19.7 Å². The zero-order chi connectivity index (χ0) is 27.1. The Bertz CT molecular complexity index is 1620. The molecule has 2 amide bonds. The number of carbonyl (C=O) groups excluding carboxylic acids is 1. The van der Waals surface area contributed by atoms with Gasteiger partial charge in [-0.05, 0) is 73.2 Å². The van der Waals surface area contributed by atoms with Crippen molar-refractivity contribution < 1.29 is 9.18 Å². The van der Waals surface area contributed by atoms with Gasteiger partial charge in [0.05, 0.1) is 29.7 Å². The Morgan fingerprint density at radius 2 is 1.67 bits per heavy atom. The summed E-state index contributed by atoms with van der Waals surface area (Å²) < 4.78 is 17.6. The van der Waals surface area contributed by atoms with Crippen LogP contribution >= 0.6 is 0 Å². The van der Waals surface area contributed by atoms with Gasteiger partial charge in [-0.3, -0.25) is 0 Å². The summed E-state index contributed by atoms with van der Waals surface area (Å²) in [5.41, 5.74) is 6.27. The summed E-state index contributed by atoms with van der Waals surface area (Å²) in [6.07, 6.45) is 2.03. The molecule has 39 heavy (non-hydrogen) atoms. The number of hydrogen-bond donors (Lipinski definition) is 1. The van der Waals surface area contributed by atoms with Crippen LogP contribution in [0.3, 0.4) is 0 Å². The predicted octanol–water partition coefficient (Wildman–Crippen LogP) is 6.31. The number of fused-ring (bicyclic) bond motifs is 3. The Morgan fingerprint density at radius 3 is 2.36 bits per heavy atom. The van der Waals surface area contributed by atoms with Crippen molar-refractivity contribution in [1.29, 1.82) is 0 Å². The highest BCUT2D eigenvalue weighted by molar-refractivity contribution is 5.90. The van der Waals surface area contributed by atoms with Gasteiger partial charge in [0.2, 0.25) is 0 Å². The van der Waals surface area contributed by atoms with Gasteiger partial charge in [-0.25, -0.2) is 13.9 Å². The van der Waals surface area contributed by atoms with Crippen molar-refractivity contribution in [3.8, 4) is 11.5 Å². The second kappa shape index (κ2) is 9.79. The molecule has 1 aliphatic heterocycles. The molecule has 0 unspecified atom stereocenters. The molecule has 6 rings (SSSR count). The molecule has 0 bridgehead atoms. The lowest BCUT2D eigenvalue weighted by Crippen LogP contribution is -2.38. The number of para-hydroxylation sites is 1. The van der Waals surface area contributed by atoms with Gasteiger partial charge in [-0.1, -0.05) is 30.3 Å². The van der Waals surface area contributed by atoms with E-state index in [0.717, 1.165) is 39.7 Å². The average molecular weight is 521 g/mol. The molecule has 7 nitrogen and oxygen atoms in total. The number of benzene rings is 3. The lowest BCUT2D eigenvalue weighted by atomic mass is 10.0. The van der Waals surface area contributed by atoms with E-state index in [-0.39, 0.29) is 17.9 Å². The van der Waals surface area contributed by atoms with E-state index in [9.17, 15) is 9.18 Å². The highest BCUT2D eigenvalue weighted by atomic mass is 19.1. The molecule has 5 aromatic rings. The molecule has 0 saturated carbocycles. The van der Waals surface area contributed by atoms with Crippen molar-refractivity contribution in [2.24, 2.45) is 0 Å². The minimum Gasteiger partial charge on any atom is -0.378 e. The Kier molecular flexibility index (Phi) is 6.15. The van der Waals surface area contributed by atoms with Crippen molar-refractivity contribution in [2.45, 2.75) is 19.5 Å². The van der Waals surface area contributed by atoms with Crippen molar-refractivity contribution in [2.75, 3.05) is 24.3 Å². The molecule has 1 N–H and O–H groups in total. The van der Waals surface area contributed by atoms with Crippen LogP contribution in [-0.4, -0.2) is 39.4 Å². The second-order valence-corrected chi connectivity index (χ2v) is 9.89. The Labute approximate surface area is 226 Å². The van der Waals surface area contributed by atoms with Gasteiger partial charge in [0.1, 0.15) is 11.6 Å². The number of aryl methyl sites for hydroxylation is 1. The van der Waals surface area contributed by atoms with E-state index in [1.807, 2.05) is 78.1 Å². The molecule has 0 spiro atoms. The van der Waals surface area contributed by atoms with Gasteiger partial charge in [0, 0.05) is 37.2 Å². The smallest absolute Gasteiger partial charge is 0.322 e. The largest absolute Gasteiger partial charge is 0.378 e. The zero-order valence-electron chi connectivity index (χ0n) is 22.0. The van der Waals surface area contributed by atoms with Crippen LogP contribution in [0.2, 0.25) is 0 Å². The maximum absolute atomic E-state index is 14.0. The fourth-order valence-corrected chi connectivity index (χ4v) is 5.18. The number of carbonyl (C=O) groups is 1. The molecule has 8 heteroatoms. The van der Waals surface area contributed by atoms with Crippen molar-refractivity contribution in [3.05, 3.63) is 126 Å². The molecular formula is C31H29FN6O. The lowest BCUT2D eigenvalue weighted by molar-refractivity contribution is 0.194. The number of amides is 2. The molecule has 0 fully saturated rings. The summed E-state index contributed by atoms with van der Waals surface area (Å²) in [5, 5.41) is 7.87. The topological polar surface area (TPSA) is 58.3 Å². The monoisotopic (exact) mass is 520 g/mol. The molecular weight excluding hydrogens is 491 g/mol. The number of urea groups is 1. The average Bonchev–Trinajstić information content (AvgIpc) is 3.51. The number of aromatic nitrogens is 3. The minimum atomic E-state index is -0.382. The van der Waals surface area contributed by atoms with Crippen LogP contribution in [0.1, 0.15) is 28.6 Å². The molecule has 3 aromatic carbocycles.